The van der Waals surface area contributed by atoms with Gasteiger partial charge in [0.05, 0.1) is 3.74 Å². The molecular weight excluding hydrogens is 304 g/mol. The van der Waals surface area contributed by atoms with Gasteiger partial charge in [0.15, 0.2) is 0 Å². The summed E-state index contributed by atoms with van der Waals surface area (Å²) in [5, 5.41) is 0. The van der Waals surface area contributed by atoms with Crippen LogP contribution in [0.15, 0.2) is 23.3 Å². The third-order valence-electron chi connectivity index (χ3n) is 1.97. The Hall–Kier alpha value is 0.440. The lowest BCUT2D eigenvalue weighted by Crippen LogP contribution is -1.84. The van der Waals surface area contributed by atoms with Gasteiger partial charge in [0.25, 0.3) is 0 Å². The van der Waals surface area contributed by atoms with Crippen molar-refractivity contribution in [1.82, 2.24) is 0 Å². The molecule has 0 unspecified atom stereocenters. The van der Waals surface area contributed by atoms with E-state index >= 15 is 0 Å². The van der Waals surface area contributed by atoms with Crippen molar-refractivity contribution in [3.05, 3.63) is 23.3 Å². The molecule has 0 aromatic heterocycles. The third kappa shape index (κ3) is 10.5. The van der Waals surface area contributed by atoms with Gasteiger partial charge in [0, 0.05) is 0 Å². The quantitative estimate of drug-likeness (QED) is 0.442. The summed E-state index contributed by atoms with van der Waals surface area (Å²) in [5.74, 6) is 0. The Morgan fingerprint density at radius 2 is 1.71 bits per heavy atom. The van der Waals surface area contributed by atoms with Crippen LogP contribution in [0.25, 0.3) is 0 Å². The normalized spacial score (nSPS) is 12.0. The summed E-state index contributed by atoms with van der Waals surface area (Å²) >= 11 is 6.95. The molecule has 0 atom stereocenters. The van der Waals surface area contributed by atoms with E-state index in [0.717, 1.165) is 12.8 Å². The molecule has 0 heterocycles. The van der Waals surface area contributed by atoms with Crippen molar-refractivity contribution in [2.75, 3.05) is 0 Å². The molecule has 0 aliphatic rings. The maximum absolute atomic E-state index is 3.47. The zero-order valence-corrected chi connectivity index (χ0v) is 12.5. The highest BCUT2D eigenvalue weighted by molar-refractivity contribution is 9.24. The van der Waals surface area contributed by atoms with Crippen LogP contribution < -0.4 is 0 Å². The van der Waals surface area contributed by atoms with Crippen LogP contribution in [0.1, 0.15) is 46.5 Å². The first kappa shape index (κ1) is 14.4. The maximum Gasteiger partial charge on any atom is 0.0700 e. The van der Waals surface area contributed by atoms with Gasteiger partial charge in [-0.1, -0.05) is 55.2 Å². The predicted octanol–water partition coefficient (Wildman–Crippen LogP) is 5.58. The third-order valence-corrected chi connectivity index (χ3v) is 2.88. The summed E-state index contributed by atoms with van der Waals surface area (Å²) in [4.78, 5) is 0. The standard InChI is InChI=1S/C12H20Br2/c1-10(2)6-4-7-11(3)8-5-9-12(13)14/h6,8,12H,4-5,7,9H2,1-3H3. The van der Waals surface area contributed by atoms with Crippen LogP contribution in [0.5, 0.6) is 0 Å². The highest BCUT2D eigenvalue weighted by Crippen LogP contribution is 2.16. The number of rotatable bonds is 6. The minimum Gasteiger partial charge on any atom is -0.0856 e. The van der Waals surface area contributed by atoms with Crippen LogP contribution in [0, 0.1) is 0 Å². The van der Waals surface area contributed by atoms with E-state index in [1.54, 1.807) is 0 Å². The lowest BCUT2D eigenvalue weighted by Gasteiger charge is -2.00. The number of hydrogen-bond acceptors (Lipinski definition) is 0. The molecule has 0 aromatic carbocycles. The van der Waals surface area contributed by atoms with Crippen molar-refractivity contribution in [3.63, 3.8) is 0 Å². The first-order valence-electron chi connectivity index (χ1n) is 5.09. The van der Waals surface area contributed by atoms with Gasteiger partial charge < -0.3 is 0 Å². The summed E-state index contributed by atoms with van der Waals surface area (Å²) < 4.78 is 0.455. The molecule has 0 aliphatic heterocycles. The molecule has 0 aliphatic carbocycles. The molecule has 14 heavy (non-hydrogen) atoms. The van der Waals surface area contributed by atoms with Crippen LogP contribution in [0.4, 0.5) is 0 Å². The SMILES string of the molecule is CC(C)=CCCC(C)=CCCC(Br)Br. The van der Waals surface area contributed by atoms with Gasteiger partial charge in [-0.2, -0.15) is 0 Å². The number of alkyl halides is 2. The van der Waals surface area contributed by atoms with Crippen molar-refractivity contribution >= 4 is 31.9 Å². The van der Waals surface area contributed by atoms with Crippen LogP contribution >= 0.6 is 31.9 Å². The Balaban J connectivity index is 3.62. The van der Waals surface area contributed by atoms with E-state index < -0.39 is 0 Å². The van der Waals surface area contributed by atoms with Crippen molar-refractivity contribution in [2.24, 2.45) is 0 Å². The van der Waals surface area contributed by atoms with Crippen LogP contribution in [0.2, 0.25) is 0 Å². The Labute approximate surface area is 105 Å². The topological polar surface area (TPSA) is 0 Å². The molecule has 0 spiro atoms. The van der Waals surface area contributed by atoms with Crippen LogP contribution in [0.3, 0.4) is 0 Å². The zero-order valence-electron chi connectivity index (χ0n) is 9.32. The molecule has 2 heteroatoms. The van der Waals surface area contributed by atoms with E-state index in [9.17, 15) is 0 Å². The van der Waals surface area contributed by atoms with Crippen molar-refractivity contribution < 1.29 is 0 Å². The van der Waals surface area contributed by atoms with E-state index in [2.05, 4.69) is 64.8 Å². The van der Waals surface area contributed by atoms with E-state index in [1.165, 1.54) is 24.0 Å². The lowest BCUT2D eigenvalue weighted by atomic mass is 10.1. The molecule has 0 saturated carbocycles. The van der Waals surface area contributed by atoms with Crippen molar-refractivity contribution in [1.29, 1.82) is 0 Å². The summed E-state index contributed by atoms with van der Waals surface area (Å²) in [6.45, 7) is 6.52. The Kier molecular flexibility index (Phi) is 9.00. The molecule has 0 aromatic rings. The smallest absolute Gasteiger partial charge is 0.0700 e. The summed E-state index contributed by atoms with van der Waals surface area (Å²) in [5.41, 5.74) is 2.92. The van der Waals surface area contributed by atoms with Gasteiger partial charge >= 0.3 is 0 Å². The van der Waals surface area contributed by atoms with Crippen molar-refractivity contribution in [2.45, 2.75) is 50.2 Å². The van der Waals surface area contributed by atoms with E-state index in [1.807, 2.05) is 0 Å². The monoisotopic (exact) mass is 322 g/mol. The van der Waals surface area contributed by atoms with E-state index in [0.29, 0.717) is 3.74 Å². The minimum absolute atomic E-state index is 0.455. The molecular formula is C12H20Br2. The van der Waals surface area contributed by atoms with E-state index in [-0.39, 0.29) is 0 Å². The maximum atomic E-state index is 3.47. The molecule has 0 amide bonds. The molecule has 0 saturated heterocycles. The highest BCUT2D eigenvalue weighted by Gasteiger charge is 1.95. The Morgan fingerprint density at radius 1 is 1.07 bits per heavy atom. The summed E-state index contributed by atoms with van der Waals surface area (Å²) in [6, 6.07) is 0. The summed E-state index contributed by atoms with van der Waals surface area (Å²) in [7, 11) is 0. The number of halogens is 2. The molecule has 0 nitrogen and oxygen atoms in total. The van der Waals surface area contributed by atoms with Gasteiger partial charge in [-0.3, -0.25) is 0 Å². The minimum atomic E-state index is 0.455. The Bertz CT molecular complexity index is 198. The fraction of sp³-hybridized carbons (Fsp3) is 0.667. The van der Waals surface area contributed by atoms with Gasteiger partial charge in [0.2, 0.25) is 0 Å². The molecule has 82 valence electrons. The second-order valence-corrected chi connectivity index (χ2v) is 7.28. The fourth-order valence-electron chi connectivity index (χ4n) is 1.15. The van der Waals surface area contributed by atoms with E-state index in [4.69, 9.17) is 0 Å². The first-order valence-corrected chi connectivity index (χ1v) is 6.92. The number of allylic oxidation sites excluding steroid dienone is 4. The molecule has 0 N–H and O–H groups in total. The average Bonchev–Trinajstić information content (AvgIpc) is 2.02. The average molecular weight is 324 g/mol. The van der Waals surface area contributed by atoms with Gasteiger partial charge in [-0.15, -0.1) is 0 Å². The molecule has 0 radical (unpaired) electrons. The fourth-order valence-corrected chi connectivity index (χ4v) is 1.67. The molecule has 0 rings (SSSR count). The van der Waals surface area contributed by atoms with Crippen LogP contribution in [-0.4, -0.2) is 3.74 Å². The Morgan fingerprint density at radius 3 is 2.21 bits per heavy atom. The summed E-state index contributed by atoms with van der Waals surface area (Å²) in [6.07, 6.45) is 9.32. The highest BCUT2D eigenvalue weighted by atomic mass is 79.9. The first-order chi connectivity index (χ1) is 6.52. The molecule has 0 fully saturated rings. The van der Waals surface area contributed by atoms with Crippen molar-refractivity contribution in [3.8, 4) is 0 Å². The predicted molar refractivity (Wildman–Crippen MR) is 73.3 cm³/mol. The lowest BCUT2D eigenvalue weighted by molar-refractivity contribution is 0.906. The largest absolute Gasteiger partial charge is 0.0856 e. The number of hydrogen-bond donors (Lipinski definition) is 0. The second-order valence-electron chi connectivity index (χ2n) is 3.84. The zero-order chi connectivity index (χ0) is 11.0. The molecule has 0 bridgehead atoms. The van der Waals surface area contributed by atoms with Gasteiger partial charge in [-0.25, -0.2) is 0 Å². The van der Waals surface area contributed by atoms with Crippen LogP contribution in [-0.2, 0) is 0 Å². The second kappa shape index (κ2) is 8.72. The van der Waals surface area contributed by atoms with Gasteiger partial charge in [-0.05, 0) is 46.5 Å². The van der Waals surface area contributed by atoms with Gasteiger partial charge in [0.1, 0.15) is 0 Å².